The molecule has 2 heterocycles. The van der Waals surface area contributed by atoms with Crippen LogP contribution in [-0.2, 0) is 0 Å². The number of pyridine rings is 1. The van der Waals surface area contributed by atoms with E-state index < -0.39 is 5.95 Å². The molecule has 0 radical (unpaired) electrons. The molecule has 0 spiro atoms. The maximum Gasteiger partial charge on any atom is 0.229 e. The zero-order chi connectivity index (χ0) is 11.5. The molecule has 1 fully saturated rings. The number of anilines is 1. The van der Waals surface area contributed by atoms with E-state index in [2.05, 4.69) is 25.8 Å². The van der Waals surface area contributed by atoms with Gasteiger partial charge in [0.25, 0.3) is 0 Å². The normalized spacial score (nSPS) is 17.8. The molecule has 1 aliphatic rings. The van der Waals surface area contributed by atoms with Crippen LogP contribution in [0, 0.1) is 11.9 Å². The van der Waals surface area contributed by atoms with Crippen molar-refractivity contribution < 1.29 is 9.50 Å². The highest BCUT2D eigenvalue weighted by Crippen LogP contribution is 2.23. The molecule has 0 aromatic carbocycles. The van der Waals surface area contributed by atoms with E-state index in [1.165, 1.54) is 0 Å². The van der Waals surface area contributed by atoms with Crippen LogP contribution in [0.15, 0.2) is 16.6 Å². The number of hydrogen-bond acceptors (Lipinski definition) is 3. The number of aromatic nitrogens is 1. The van der Waals surface area contributed by atoms with Crippen LogP contribution in [0.2, 0.25) is 0 Å². The summed E-state index contributed by atoms with van der Waals surface area (Å²) in [6, 6.07) is 3.49. The molecule has 88 valence electrons. The Balaban J connectivity index is 2.05. The summed E-state index contributed by atoms with van der Waals surface area (Å²) < 4.78 is 13.6. The largest absolute Gasteiger partial charge is 0.396 e. The molecule has 1 aromatic heterocycles. The number of aliphatic hydroxyl groups is 1. The number of aliphatic hydroxyl groups excluding tert-OH is 1. The Morgan fingerprint density at radius 3 is 2.69 bits per heavy atom. The standard InChI is InChI=1S/C11H14BrFN2O/c12-9-1-2-10(14-11(9)13)15-5-3-8(7-16)4-6-15/h1-2,8,16H,3-7H2. The van der Waals surface area contributed by atoms with Crippen molar-refractivity contribution in [2.75, 3.05) is 24.6 Å². The van der Waals surface area contributed by atoms with Crippen LogP contribution in [-0.4, -0.2) is 29.8 Å². The minimum Gasteiger partial charge on any atom is -0.396 e. The fraction of sp³-hybridized carbons (Fsp3) is 0.545. The van der Waals surface area contributed by atoms with E-state index >= 15 is 0 Å². The van der Waals surface area contributed by atoms with E-state index in [4.69, 9.17) is 5.11 Å². The lowest BCUT2D eigenvalue weighted by Crippen LogP contribution is -2.35. The minimum atomic E-state index is -0.471. The summed E-state index contributed by atoms with van der Waals surface area (Å²) in [5.74, 6) is 0.593. The Morgan fingerprint density at radius 1 is 1.44 bits per heavy atom. The summed E-state index contributed by atoms with van der Waals surface area (Å²) in [6.07, 6.45) is 1.88. The second-order valence-electron chi connectivity index (χ2n) is 4.06. The molecule has 0 atom stereocenters. The summed E-state index contributed by atoms with van der Waals surface area (Å²) in [5, 5.41) is 9.03. The Labute approximate surface area is 102 Å². The number of hydrogen-bond donors (Lipinski definition) is 1. The molecule has 0 amide bonds. The van der Waals surface area contributed by atoms with Gasteiger partial charge in [0.05, 0.1) is 4.47 Å². The first-order chi connectivity index (χ1) is 7.70. The van der Waals surface area contributed by atoms with Crippen molar-refractivity contribution in [3.63, 3.8) is 0 Å². The molecular formula is C11H14BrFN2O. The monoisotopic (exact) mass is 288 g/mol. The van der Waals surface area contributed by atoms with Crippen LogP contribution in [0.1, 0.15) is 12.8 Å². The average molecular weight is 289 g/mol. The van der Waals surface area contributed by atoms with E-state index in [0.717, 1.165) is 25.9 Å². The van der Waals surface area contributed by atoms with Crippen molar-refractivity contribution in [1.82, 2.24) is 4.98 Å². The van der Waals surface area contributed by atoms with Gasteiger partial charge in [-0.1, -0.05) is 0 Å². The summed E-state index contributed by atoms with van der Waals surface area (Å²) in [7, 11) is 0. The van der Waals surface area contributed by atoms with E-state index in [1.54, 1.807) is 6.07 Å². The quantitative estimate of drug-likeness (QED) is 0.848. The predicted octanol–water partition coefficient (Wildman–Crippen LogP) is 2.19. The van der Waals surface area contributed by atoms with Crippen LogP contribution in [0.4, 0.5) is 10.2 Å². The maximum atomic E-state index is 13.3. The molecule has 0 saturated carbocycles. The van der Waals surface area contributed by atoms with E-state index in [-0.39, 0.29) is 6.61 Å². The zero-order valence-electron chi connectivity index (χ0n) is 8.87. The van der Waals surface area contributed by atoms with E-state index in [0.29, 0.717) is 16.2 Å². The topological polar surface area (TPSA) is 36.4 Å². The first-order valence-corrected chi connectivity index (χ1v) is 6.18. The number of nitrogens with zero attached hydrogens (tertiary/aromatic N) is 2. The van der Waals surface area contributed by atoms with Gasteiger partial charge < -0.3 is 10.0 Å². The SMILES string of the molecule is OCC1CCN(c2ccc(Br)c(F)n2)CC1. The van der Waals surface area contributed by atoms with Gasteiger partial charge in [-0.05, 0) is 46.8 Å². The van der Waals surface area contributed by atoms with E-state index in [1.807, 2.05) is 6.07 Å². The van der Waals surface area contributed by atoms with Gasteiger partial charge in [-0.2, -0.15) is 4.39 Å². The predicted molar refractivity (Wildman–Crippen MR) is 63.9 cm³/mol. The second kappa shape index (κ2) is 5.10. The molecule has 0 bridgehead atoms. The first kappa shape index (κ1) is 11.8. The molecule has 16 heavy (non-hydrogen) atoms. The third-order valence-electron chi connectivity index (χ3n) is 2.99. The third kappa shape index (κ3) is 2.52. The summed E-state index contributed by atoms with van der Waals surface area (Å²) >= 11 is 3.09. The molecule has 2 rings (SSSR count). The van der Waals surface area contributed by atoms with Gasteiger partial charge in [-0.15, -0.1) is 0 Å². The van der Waals surface area contributed by atoms with Gasteiger partial charge in [0, 0.05) is 19.7 Å². The fourth-order valence-electron chi connectivity index (χ4n) is 1.93. The molecular weight excluding hydrogens is 275 g/mol. The van der Waals surface area contributed by atoms with Crippen molar-refractivity contribution in [3.05, 3.63) is 22.6 Å². The molecule has 0 aliphatic carbocycles. The number of piperidine rings is 1. The highest BCUT2D eigenvalue weighted by Gasteiger charge is 2.19. The minimum absolute atomic E-state index is 0.246. The molecule has 3 nitrogen and oxygen atoms in total. The van der Waals surface area contributed by atoms with Crippen LogP contribution >= 0.6 is 15.9 Å². The van der Waals surface area contributed by atoms with E-state index in [9.17, 15) is 4.39 Å². The van der Waals surface area contributed by atoms with Gasteiger partial charge in [-0.25, -0.2) is 4.98 Å². The number of halogens is 2. The highest BCUT2D eigenvalue weighted by molar-refractivity contribution is 9.10. The zero-order valence-corrected chi connectivity index (χ0v) is 10.5. The van der Waals surface area contributed by atoms with Crippen molar-refractivity contribution in [2.24, 2.45) is 5.92 Å². The Hall–Kier alpha value is -0.680. The lowest BCUT2D eigenvalue weighted by Gasteiger charge is -2.31. The average Bonchev–Trinajstić information content (AvgIpc) is 2.33. The van der Waals surface area contributed by atoms with Crippen molar-refractivity contribution in [3.8, 4) is 0 Å². The summed E-state index contributed by atoms with van der Waals surface area (Å²) in [5.41, 5.74) is 0. The van der Waals surface area contributed by atoms with Crippen LogP contribution in [0.25, 0.3) is 0 Å². The van der Waals surface area contributed by atoms with Crippen molar-refractivity contribution in [1.29, 1.82) is 0 Å². The van der Waals surface area contributed by atoms with Crippen LogP contribution in [0.5, 0.6) is 0 Å². The van der Waals surface area contributed by atoms with Crippen molar-refractivity contribution >= 4 is 21.7 Å². The Kier molecular flexibility index (Phi) is 3.76. The lowest BCUT2D eigenvalue weighted by molar-refractivity contribution is 0.202. The third-order valence-corrected chi connectivity index (χ3v) is 3.58. The Bertz CT molecular complexity index is 367. The summed E-state index contributed by atoms with van der Waals surface area (Å²) in [6.45, 7) is 1.91. The molecule has 0 unspecified atom stereocenters. The molecule has 5 heteroatoms. The van der Waals surface area contributed by atoms with Gasteiger partial charge in [-0.3, -0.25) is 0 Å². The second-order valence-corrected chi connectivity index (χ2v) is 4.91. The van der Waals surface area contributed by atoms with Gasteiger partial charge in [0.1, 0.15) is 5.82 Å². The lowest BCUT2D eigenvalue weighted by atomic mass is 9.98. The summed E-state index contributed by atoms with van der Waals surface area (Å²) in [4.78, 5) is 5.95. The van der Waals surface area contributed by atoms with Gasteiger partial charge in [0.2, 0.25) is 5.95 Å². The molecule has 1 aliphatic heterocycles. The number of rotatable bonds is 2. The molecule has 1 aromatic rings. The molecule has 1 saturated heterocycles. The first-order valence-electron chi connectivity index (χ1n) is 5.38. The van der Waals surface area contributed by atoms with Gasteiger partial charge in [0.15, 0.2) is 0 Å². The highest BCUT2D eigenvalue weighted by atomic mass is 79.9. The maximum absolute atomic E-state index is 13.3. The van der Waals surface area contributed by atoms with Crippen molar-refractivity contribution in [2.45, 2.75) is 12.8 Å². The fourth-order valence-corrected chi connectivity index (χ4v) is 2.15. The smallest absolute Gasteiger partial charge is 0.229 e. The van der Waals surface area contributed by atoms with Gasteiger partial charge >= 0.3 is 0 Å². The van der Waals surface area contributed by atoms with Crippen LogP contribution in [0.3, 0.4) is 0 Å². The molecule has 1 N–H and O–H groups in total. The Morgan fingerprint density at radius 2 is 2.12 bits per heavy atom. The van der Waals surface area contributed by atoms with Crippen LogP contribution < -0.4 is 4.90 Å².